The van der Waals surface area contributed by atoms with Crippen LogP contribution in [0, 0.1) is 5.44 Å². The molecular weight excluding hydrogens is 116 g/mol. The molecule has 0 fully saturated rings. The summed E-state index contributed by atoms with van der Waals surface area (Å²) in [4.78, 5) is 0. The van der Waals surface area contributed by atoms with Gasteiger partial charge in [-0.05, 0) is 6.92 Å². The third-order valence-electron chi connectivity index (χ3n) is 0.537. The Morgan fingerprint density at radius 1 is 1.57 bits per heavy atom. The lowest BCUT2D eigenvalue weighted by molar-refractivity contribution is 0.364. The normalized spacial score (nSPS) is 12.6. The van der Waals surface area contributed by atoms with Crippen LogP contribution in [0.5, 0.6) is 0 Å². The largest absolute Gasteiger partial charge is 0.371 e. The minimum absolute atomic E-state index is 0.535. The van der Waals surface area contributed by atoms with Crippen molar-refractivity contribution in [1.29, 1.82) is 0 Å². The minimum atomic E-state index is -3.27. The first-order valence-corrected chi connectivity index (χ1v) is 3.56. The summed E-state index contributed by atoms with van der Waals surface area (Å²) in [7, 11) is -3.27. The predicted octanol–water partition coefficient (Wildman–Crippen LogP) is -0.0871. The number of sulfone groups is 1. The van der Waals surface area contributed by atoms with Crippen LogP contribution in [0.4, 0.5) is 0 Å². The molecule has 7 heavy (non-hydrogen) atoms. The van der Waals surface area contributed by atoms with Gasteiger partial charge in [0.1, 0.15) is 0 Å². The maximum absolute atomic E-state index is 10.0. The first-order chi connectivity index (χ1) is 2.94. The molecule has 0 unspecified atom stereocenters. The van der Waals surface area contributed by atoms with Crippen LogP contribution >= 0.6 is 0 Å². The van der Waals surface area contributed by atoms with Gasteiger partial charge in [-0.1, -0.05) is 0 Å². The van der Waals surface area contributed by atoms with Gasteiger partial charge in [-0.25, -0.2) is 8.42 Å². The van der Waals surface area contributed by atoms with Crippen molar-refractivity contribution in [2.75, 3.05) is 6.26 Å². The fraction of sp³-hybridized carbons (Fsp3) is 0.667. The number of aliphatic hydroxyl groups excluding tert-OH is 1. The van der Waals surface area contributed by atoms with Crippen molar-refractivity contribution >= 4 is 9.84 Å². The van der Waals surface area contributed by atoms with E-state index in [1.54, 1.807) is 0 Å². The molecule has 0 aliphatic rings. The van der Waals surface area contributed by atoms with E-state index in [9.17, 15) is 8.42 Å². The monoisotopic (exact) mass is 123 g/mol. The van der Waals surface area contributed by atoms with Gasteiger partial charge in [0, 0.05) is 6.26 Å². The first-order valence-electron chi connectivity index (χ1n) is 1.67. The molecule has 0 atom stereocenters. The number of aliphatic hydroxyl groups is 1. The molecule has 0 saturated heterocycles. The molecule has 43 valence electrons. The number of rotatable bonds is 1. The summed E-state index contributed by atoms with van der Waals surface area (Å²) in [5, 5.41) is 8.22. The smallest absolute Gasteiger partial charge is 0.205 e. The highest BCUT2D eigenvalue weighted by Crippen LogP contribution is 1.98. The Balaban J connectivity index is 4.10. The number of hydrogen-bond donors (Lipinski definition) is 1. The van der Waals surface area contributed by atoms with Crippen molar-refractivity contribution in [2.24, 2.45) is 0 Å². The molecule has 3 nitrogen and oxygen atoms in total. The van der Waals surface area contributed by atoms with Gasteiger partial charge in [-0.2, -0.15) is 0 Å². The molecule has 0 aromatic carbocycles. The fourth-order valence-corrected chi connectivity index (χ4v) is 0. The van der Waals surface area contributed by atoms with E-state index in [4.69, 9.17) is 5.11 Å². The molecule has 0 heterocycles. The average molecular weight is 123 g/mol. The van der Waals surface area contributed by atoms with E-state index in [1.165, 1.54) is 0 Å². The third kappa shape index (κ3) is 2.59. The molecule has 0 aliphatic heterocycles. The molecule has 0 saturated carbocycles. The Bertz CT molecular complexity index is 132. The zero-order valence-electron chi connectivity index (χ0n) is 4.17. The van der Waals surface area contributed by atoms with E-state index < -0.39 is 15.3 Å². The molecule has 0 rings (SSSR count). The highest BCUT2D eigenvalue weighted by atomic mass is 32.2. The molecule has 0 aliphatic carbocycles. The Kier molecular flexibility index (Phi) is 1.77. The van der Waals surface area contributed by atoms with Gasteiger partial charge in [0.05, 0.1) is 0 Å². The summed E-state index contributed by atoms with van der Waals surface area (Å²) in [6.07, 6.45) is 0.947. The molecule has 0 aromatic rings. The third-order valence-corrected chi connectivity index (χ3v) is 1.61. The second-order valence-corrected chi connectivity index (χ2v) is 3.43. The van der Waals surface area contributed by atoms with E-state index in [2.05, 4.69) is 0 Å². The lowest BCUT2D eigenvalue weighted by Gasteiger charge is -1.93. The topological polar surface area (TPSA) is 54.4 Å². The second kappa shape index (κ2) is 1.79. The lowest BCUT2D eigenvalue weighted by atomic mass is 10.9. The van der Waals surface area contributed by atoms with E-state index >= 15 is 0 Å². The second-order valence-electron chi connectivity index (χ2n) is 1.29. The molecule has 1 radical (unpaired) electrons. The van der Waals surface area contributed by atoms with E-state index in [0.717, 1.165) is 13.2 Å². The molecule has 0 spiro atoms. The van der Waals surface area contributed by atoms with E-state index in [1.807, 2.05) is 0 Å². The van der Waals surface area contributed by atoms with Gasteiger partial charge in [0.15, 0.2) is 9.84 Å². The van der Waals surface area contributed by atoms with Crippen LogP contribution in [-0.4, -0.2) is 19.8 Å². The standard InChI is InChI=1S/C3H7O3S/c1-3(4)7(2,5)6/h4H,1-2H3. The summed E-state index contributed by atoms with van der Waals surface area (Å²) >= 11 is 0. The van der Waals surface area contributed by atoms with Crippen LogP contribution < -0.4 is 0 Å². The molecule has 0 amide bonds. The van der Waals surface area contributed by atoms with Crippen molar-refractivity contribution in [3.63, 3.8) is 0 Å². The summed E-state index contributed by atoms with van der Waals surface area (Å²) in [6, 6.07) is 0. The summed E-state index contributed by atoms with van der Waals surface area (Å²) in [6.45, 7) is 1.13. The Morgan fingerprint density at radius 3 is 1.71 bits per heavy atom. The highest BCUT2D eigenvalue weighted by Gasteiger charge is 2.09. The molecule has 1 N–H and O–H groups in total. The lowest BCUT2D eigenvalue weighted by Crippen LogP contribution is -2.04. The Hall–Kier alpha value is -0.0900. The van der Waals surface area contributed by atoms with Crippen molar-refractivity contribution < 1.29 is 13.5 Å². The number of hydrogen-bond acceptors (Lipinski definition) is 3. The van der Waals surface area contributed by atoms with Crippen LogP contribution in [0.3, 0.4) is 0 Å². The molecular formula is C3H7O3S. The van der Waals surface area contributed by atoms with E-state index in [0.29, 0.717) is 0 Å². The first kappa shape index (κ1) is 6.91. The molecule has 0 bridgehead atoms. The SMILES string of the molecule is C[C](O)S(C)(=O)=O. The summed E-state index contributed by atoms with van der Waals surface area (Å²) in [5.74, 6) is 0. The maximum Gasteiger partial charge on any atom is 0.205 e. The van der Waals surface area contributed by atoms with Crippen LogP contribution in [0.2, 0.25) is 0 Å². The van der Waals surface area contributed by atoms with Crippen LogP contribution in [0.1, 0.15) is 6.92 Å². The van der Waals surface area contributed by atoms with E-state index in [-0.39, 0.29) is 0 Å². The highest BCUT2D eigenvalue weighted by molar-refractivity contribution is 7.93. The zero-order valence-corrected chi connectivity index (χ0v) is 4.99. The van der Waals surface area contributed by atoms with Gasteiger partial charge in [-0.3, -0.25) is 0 Å². The van der Waals surface area contributed by atoms with Crippen molar-refractivity contribution in [1.82, 2.24) is 0 Å². The Morgan fingerprint density at radius 2 is 1.71 bits per heavy atom. The summed E-state index contributed by atoms with van der Waals surface area (Å²) < 4.78 is 20.1. The maximum atomic E-state index is 10.0. The fourth-order valence-electron chi connectivity index (χ4n) is 0. The zero-order chi connectivity index (χ0) is 6.08. The van der Waals surface area contributed by atoms with Gasteiger partial charge >= 0.3 is 0 Å². The average Bonchev–Trinajstić information content (AvgIpc) is 1.31. The molecule has 4 heteroatoms. The van der Waals surface area contributed by atoms with Crippen LogP contribution in [0.25, 0.3) is 0 Å². The van der Waals surface area contributed by atoms with Crippen molar-refractivity contribution in [3.05, 3.63) is 5.44 Å². The van der Waals surface area contributed by atoms with Crippen molar-refractivity contribution in [3.8, 4) is 0 Å². The van der Waals surface area contributed by atoms with Gasteiger partial charge in [0.25, 0.3) is 0 Å². The van der Waals surface area contributed by atoms with Crippen LogP contribution in [-0.2, 0) is 9.84 Å². The van der Waals surface area contributed by atoms with Crippen molar-refractivity contribution in [2.45, 2.75) is 6.92 Å². The quantitative estimate of drug-likeness (QED) is 0.530. The minimum Gasteiger partial charge on any atom is -0.371 e. The summed E-state index contributed by atoms with van der Waals surface area (Å²) in [5.41, 5.74) is -0.535. The Labute approximate surface area is 42.9 Å². The van der Waals surface area contributed by atoms with Crippen LogP contribution in [0.15, 0.2) is 0 Å². The van der Waals surface area contributed by atoms with Gasteiger partial charge < -0.3 is 5.11 Å². The van der Waals surface area contributed by atoms with Gasteiger partial charge in [-0.15, -0.1) is 0 Å². The molecule has 0 aromatic heterocycles. The van der Waals surface area contributed by atoms with Gasteiger partial charge in [0.2, 0.25) is 5.44 Å². The predicted molar refractivity (Wildman–Crippen MR) is 25.7 cm³/mol.